The minimum absolute atomic E-state index is 0.182. The Balaban J connectivity index is 1.64. The number of hydrogen-bond donors (Lipinski definition) is 1. The summed E-state index contributed by atoms with van der Waals surface area (Å²) in [5.41, 5.74) is 3.86. The van der Waals surface area contributed by atoms with Gasteiger partial charge in [-0.1, -0.05) is 36.4 Å². The number of nitrogens with one attached hydrogen (secondary N) is 1. The molecule has 4 rings (SSSR count). The maximum Gasteiger partial charge on any atom is 0.173 e. The molecular weight excluding hydrogens is 384 g/mol. The van der Waals surface area contributed by atoms with E-state index in [1.165, 1.54) is 0 Å². The third-order valence-corrected chi connectivity index (χ3v) is 5.84. The van der Waals surface area contributed by atoms with E-state index in [0.29, 0.717) is 29.6 Å². The van der Waals surface area contributed by atoms with Crippen LogP contribution in [0.3, 0.4) is 0 Å². The standard InChI is InChI=1S/C23H24N2O3S/c1-25-17-9-6-10-18(26)21(17)22(24-23(25)29)16-11-12-19(20(13-16)27-2)28-14-15-7-4-3-5-8-15/h3-5,7-8,11-13,22H,6,9-10,14H2,1-2H3,(H,24,29). The Kier molecular flexibility index (Phi) is 5.53. The monoisotopic (exact) mass is 408 g/mol. The van der Waals surface area contributed by atoms with E-state index in [1.807, 2.05) is 60.5 Å². The van der Waals surface area contributed by atoms with Crippen LogP contribution < -0.4 is 14.8 Å². The fraction of sp³-hybridized carbons (Fsp3) is 0.304. The largest absolute Gasteiger partial charge is 0.493 e. The molecule has 0 aromatic heterocycles. The van der Waals surface area contributed by atoms with Gasteiger partial charge in [-0.3, -0.25) is 4.79 Å². The topological polar surface area (TPSA) is 50.8 Å². The molecular formula is C23H24N2O3S. The number of nitrogens with zero attached hydrogens (tertiary/aromatic N) is 1. The van der Waals surface area contributed by atoms with Crippen molar-refractivity contribution in [2.24, 2.45) is 0 Å². The summed E-state index contributed by atoms with van der Waals surface area (Å²) in [5, 5.41) is 3.95. The molecule has 2 aromatic rings. The van der Waals surface area contributed by atoms with Crippen molar-refractivity contribution < 1.29 is 14.3 Å². The van der Waals surface area contributed by atoms with Crippen LogP contribution in [0.2, 0.25) is 0 Å². The summed E-state index contributed by atoms with van der Waals surface area (Å²) < 4.78 is 11.5. The van der Waals surface area contributed by atoms with Crippen molar-refractivity contribution >= 4 is 23.1 Å². The predicted molar refractivity (Wildman–Crippen MR) is 116 cm³/mol. The second kappa shape index (κ2) is 8.25. The zero-order chi connectivity index (χ0) is 20.4. The zero-order valence-corrected chi connectivity index (χ0v) is 17.4. The van der Waals surface area contributed by atoms with Gasteiger partial charge in [0, 0.05) is 24.7 Å². The maximum absolute atomic E-state index is 12.7. The Hall–Kier alpha value is -2.86. The average Bonchev–Trinajstić information content (AvgIpc) is 2.75. The van der Waals surface area contributed by atoms with Gasteiger partial charge in [0.2, 0.25) is 0 Å². The number of benzene rings is 2. The molecule has 0 radical (unpaired) electrons. The minimum atomic E-state index is -0.265. The summed E-state index contributed by atoms with van der Waals surface area (Å²) in [4.78, 5) is 14.6. The normalized spacial score (nSPS) is 19.0. The Labute approximate surface area is 176 Å². The van der Waals surface area contributed by atoms with Crippen LogP contribution in [-0.2, 0) is 11.4 Å². The highest BCUT2D eigenvalue weighted by Gasteiger charge is 2.36. The number of methoxy groups -OCH3 is 1. The lowest BCUT2D eigenvalue weighted by Crippen LogP contribution is -2.47. The fourth-order valence-electron chi connectivity index (χ4n) is 3.91. The first-order valence-corrected chi connectivity index (χ1v) is 10.1. The van der Waals surface area contributed by atoms with Gasteiger partial charge in [0.1, 0.15) is 6.61 Å². The smallest absolute Gasteiger partial charge is 0.173 e. The minimum Gasteiger partial charge on any atom is -0.493 e. The predicted octanol–water partition coefficient (Wildman–Crippen LogP) is 4.14. The molecule has 0 fully saturated rings. The third kappa shape index (κ3) is 3.85. The van der Waals surface area contributed by atoms with E-state index in [-0.39, 0.29) is 11.8 Å². The number of carbonyl (C=O) groups is 1. The molecule has 1 unspecified atom stereocenters. The molecule has 0 spiro atoms. The van der Waals surface area contributed by atoms with Gasteiger partial charge in [-0.2, -0.15) is 0 Å². The molecule has 6 heteroatoms. The number of ether oxygens (including phenoxy) is 2. The Morgan fingerprint density at radius 2 is 1.93 bits per heavy atom. The van der Waals surface area contributed by atoms with Crippen molar-refractivity contribution in [3.05, 3.63) is 70.9 Å². The Morgan fingerprint density at radius 3 is 2.69 bits per heavy atom. The lowest BCUT2D eigenvalue weighted by atomic mass is 9.85. The molecule has 0 saturated carbocycles. The van der Waals surface area contributed by atoms with E-state index in [0.717, 1.165) is 35.2 Å². The highest BCUT2D eigenvalue weighted by Crippen LogP contribution is 2.39. The lowest BCUT2D eigenvalue weighted by molar-refractivity contribution is -0.116. The van der Waals surface area contributed by atoms with Crippen LogP contribution in [0.15, 0.2) is 59.8 Å². The van der Waals surface area contributed by atoms with E-state index in [4.69, 9.17) is 21.7 Å². The van der Waals surface area contributed by atoms with E-state index >= 15 is 0 Å². The molecule has 1 atom stereocenters. The molecule has 5 nitrogen and oxygen atoms in total. The molecule has 1 aliphatic carbocycles. The number of ketones is 1. The van der Waals surface area contributed by atoms with Crippen LogP contribution >= 0.6 is 12.2 Å². The highest BCUT2D eigenvalue weighted by molar-refractivity contribution is 7.80. The molecule has 2 aliphatic rings. The van der Waals surface area contributed by atoms with Gasteiger partial charge in [0.15, 0.2) is 22.4 Å². The van der Waals surface area contributed by atoms with Crippen molar-refractivity contribution in [3.8, 4) is 11.5 Å². The molecule has 2 aromatic carbocycles. The summed E-state index contributed by atoms with van der Waals surface area (Å²) in [7, 11) is 3.54. The van der Waals surface area contributed by atoms with Crippen LogP contribution in [0, 0.1) is 0 Å². The number of rotatable bonds is 5. The van der Waals surface area contributed by atoms with Crippen molar-refractivity contribution in [1.29, 1.82) is 0 Å². The van der Waals surface area contributed by atoms with Gasteiger partial charge < -0.3 is 19.7 Å². The molecule has 1 N–H and O–H groups in total. The number of carbonyl (C=O) groups excluding carboxylic acids is 1. The van der Waals surface area contributed by atoms with Gasteiger partial charge >= 0.3 is 0 Å². The molecule has 0 bridgehead atoms. The maximum atomic E-state index is 12.7. The van der Waals surface area contributed by atoms with Crippen LogP contribution in [0.1, 0.15) is 36.4 Å². The fourth-order valence-corrected chi connectivity index (χ4v) is 4.13. The summed E-state index contributed by atoms with van der Waals surface area (Å²) in [5.74, 6) is 1.48. The number of thiocarbonyl (C=S) groups is 1. The number of Topliss-reactive ketones (excluding diaryl/α,β-unsaturated/α-hetero) is 1. The molecule has 150 valence electrons. The summed E-state index contributed by atoms with van der Waals surface area (Å²) in [6.07, 6.45) is 2.31. The average molecular weight is 409 g/mol. The number of allylic oxidation sites excluding steroid dienone is 1. The zero-order valence-electron chi connectivity index (χ0n) is 16.6. The molecule has 0 amide bonds. The van der Waals surface area contributed by atoms with Crippen molar-refractivity contribution in [2.75, 3.05) is 14.2 Å². The van der Waals surface area contributed by atoms with Crippen LogP contribution in [-0.4, -0.2) is 30.0 Å². The number of hydrogen-bond acceptors (Lipinski definition) is 4. The van der Waals surface area contributed by atoms with Gasteiger partial charge in [-0.05, 0) is 48.3 Å². The van der Waals surface area contributed by atoms with Crippen LogP contribution in [0.4, 0.5) is 0 Å². The molecule has 1 heterocycles. The van der Waals surface area contributed by atoms with E-state index in [9.17, 15) is 4.79 Å². The van der Waals surface area contributed by atoms with Gasteiger partial charge in [0.25, 0.3) is 0 Å². The van der Waals surface area contributed by atoms with Crippen LogP contribution in [0.5, 0.6) is 11.5 Å². The highest BCUT2D eigenvalue weighted by atomic mass is 32.1. The Bertz CT molecular complexity index is 971. The third-order valence-electron chi connectivity index (χ3n) is 5.45. The van der Waals surface area contributed by atoms with E-state index in [1.54, 1.807) is 7.11 Å². The molecule has 0 saturated heterocycles. The van der Waals surface area contributed by atoms with Gasteiger partial charge in [-0.15, -0.1) is 0 Å². The quantitative estimate of drug-likeness (QED) is 0.751. The first-order valence-electron chi connectivity index (χ1n) is 9.73. The molecule has 1 aliphatic heterocycles. The SMILES string of the molecule is COc1cc(C2NC(=S)N(C)C3=C2C(=O)CCC3)ccc1OCc1ccccc1. The first kappa shape index (κ1) is 19.5. The second-order valence-electron chi connectivity index (χ2n) is 7.26. The van der Waals surface area contributed by atoms with Crippen molar-refractivity contribution in [2.45, 2.75) is 31.9 Å². The summed E-state index contributed by atoms with van der Waals surface area (Å²) >= 11 is 5.51. The van der Waals surface area contributed by atoms with E-state index in [2.05, 4.69) is 5.32 Å². The van der Waals surface area contributed by atoms with E-state index < -0.39 is 0 Å². The lowest BCUT2D eigenvalue weighted by Gasteiger charge is -2.39. The van der Waals surface area contributed by atoms with Gasteiger partial charge in [-0.25, -0.2) is 0 Å². The van der Waals surface area contributed by atoms with Crippen molar-refractivity contribution in [3.63, 3.8) is 0 Å². The van der Waals surface area contributed by atoms with Gasteiger partial charge in [0.05, 0.1) is 13.2 Å². The van der Waals surface area contributed by atoms with Crippen molar-refractivity contribution in [1.82, 2.24) is 10.2 Å². The summed E-state index contributed by atoms with van der Waals surface area (Å²) in [6.45, 7) is 0.459. The van der Waals surface area contributed by atoms with Crippen LogP contribution in [0.25, 0.3) is 0 Å². The summed E-state index contributed by atoms with van der Waals surface area (Å²) in [6, 6.07) is 15.5. The second-order valence-corrected chi connectivity index (χ2v) is 7.65. The first-order chi connectivity index (χ1) is 14.1. The Morgan fingerprint density at radius 1 is 1.14 bits per heavy atom. The molecule has 29 heavy (non-hydrogen) atoms.